The zero-order valence-electron chi connectivity index (χ0n) is 61.2. The number of aromatic nitrogens is 8. The first-order chi connectivity index (χ1) is 54.0. The van der Waals surface area contributed by atoms with E-state index in [4.69, 9.17) is 0 Å². The summed E-state index contributed by atoms with van der Waals surface area (Å²) < 4.78 is 6.92. The van der Waals surface area contributed by atoms with Gasteiger partial charge in [-0.05, 0) is 118 Å². The quantitative estimate of drug-likeness (QED) is 0.0717. The Balaban J connectivity index is 0.000000278. The van der Waals surface area contributed by atoms with Crippen LogP contribution in [-0.4, -0.2) is 39.9 Å². The number of rotatable bonds is 11. The van der Waals surface area contributed by atoms with E-state index in [0.29, 0.717) is 0 Å². The third-order valence-corrected chi connectivity index (χ3v) is 19.7. The molecule has 0 saturated heterocycles. The van der Waals surface area contributed by atoms with Crippen molar-refractivity contribution in [2.24, 2.45) is 0 Å². The maximum atomic E-state index is 4.41. The molecule has 0 unspecified atom stereocenters. The standard InChI is InChI=1S/C15H9BrNS.C14H13IN.C11H7BrN.3C11H7IN.2C11H8N.2Ir.4Rh/c16-13-4-1-3-11(9-13)14-10-12(6-7-17-14)15-5-2-8-18-15;1-2-4-11-7-8-16-14(9-11)12-5-3-6-13(15)10-12;4*12-10-5-3-4-9(8-10)11-6-1-2-7-13-11;2*1-2-6-10(7-3-1)11-8-4-5-9-12-11;;;;;;/h1-2,4-10H;3,6-10H,2,4H2,1H3;4*1-3,5-8H;2*1-6,8-9H;;;;;;/q8*-1;;;;;;. The molecule has 0 N–H and O–H groups in total. The molecule has 21 heteroatoms. The van der Waals surface area contributed by atoms with Crippen LogP contribution in [0.4, 0.5) is 0 Å². The van der Waals surface area contributed by atoms with Crippen molar-refractivity contribution in [3.05, 3.63) is 436 Å². The number of aryl methyl sites for hydroxylation is 1. The van der Waals surface area contributed by atoms with Crippen LogP contribution in [0.25, 0.3) is 100 Å². The van der Waals surface area contributed by atoms with E-state index in [0.717, 1.165) is 105 Å². The summed E-state index contributed by atoms with van der Waals surface area (Å²) in [4.78, 5) is 35.5. The van der Waals surface area contributed by atoms with Gasteiger partial charge in [-0.15, -0.1) is 262 Å². The summed E-state index contributed by atoms with van der Waals surface area (Å²) in [5.41, 5.74) is 18.6. The first-order valence-corrected chi connectivity index (χ1v) is 41.2. The van der Waals surface area contributed by atoms with Gasteiger partial charge in [-0.25, -0.2) is 0 Å². The molecule has 8 aromatic carbocycles. The predicted octanol–water partition coefficient (Wildman–Crippen LogP) is 27.0. The summed E-state index contributed by atoms with van der Waals surface area (Å²) in [5.74, 6) is 0. The molecular weight excluding hydrogens is 2750 g/mol. The molecule has 596 valence electrons. The maximum Gasteiger partial charge on any atom is 0.0335 e. The number of halogens is 6. The maximum absolute atomic E-state index is 4.41. The zero-order valence-corrected chi connectivity index (χ0v) is 85.2. The number of pyridine rings is 8. The monoisotopic (exact) mass is 2810 g/mol. The Morgan fingerprint density at radius 1 is 0.276 bits per heavy atom. The van der Waals surface area contributed by atoms with E-state index < -0.39 is 0 Å². The summed E-state index contributed by atoms with van der Waals surface area (Å²) in [6, 6.07) is 125. The van der Waals surface area contributed by atoms with Crippen LogP contribution < -0.4 is 0 Å². The molecular formula is C95H66Br2I4Ir2N8Rh4S-8. The van der Waals surface area contributed by atoms with Gasteiger partial charge in [0.1, 0.15) is 0 Å². The Labute approximate surface area is 835 Å². The minimum absolute atomic E-state index is 0. The minimum Gasteiger partial charge on any atom is -0.305 e. The average Bonchev–Trinajstić information content (AvgIpc) is 1.16. The summed E-state index contributed by atoms with van der Waals surface area (Å²) in [5, 5.41) is 2.08. The van der Waals surface area contributed by atoms with Gasteiger partial charge in [-0.3, -0.25) is 0 Å². The van der Waals surface area contributed by atoms with Crippen LogP contribution in [0, 0.1) is 62.8 Å². The van der Waals surface area contributed by atoms with E-state index in [1.165, 1.54) is 36.7 Å². The van der Waals surface area contributed by atoms with Crippen LogP contribution in [-0.2, 0) is 125 Å². The van der Waals surface area contributed by atoms with Crippen LogP contribution in [0.1, 0.15) is 18.9 Å². The molecule has 0 saturated carbocycles. The minimum atomic E-state index is 0. The van der Waals surface area contributed by atoms with Crippen molar-refractivity contribution in [3.8, 4) is 100 Å². The van der Waals surface area contributed by atoms with E-state index in [2.05, 4.69) is 278 Å². The second-order valence-electron chi connectivity index (χ2n) is 23.1. The molecule has 0 fully saturated rings. The van der Waals surface area contributed by atoms with E-state index in [1.54, 1.807) is 48.5 Å². The van der Waals surface area contributed by atoms with Crippen LogP contribution in [0.15, 0.2) is 367 Å². The molecule has 0 aliphatic carbocycles. The number of hydrogen-bond donors (Lipinski definition) is 0. The van der Waals surface area contributed by atoms with Crippen molar-refractivity contribution in [2.75, 3.05) is 0 Å². The third-order valence-electron chi connectivity index (χ3n) is 15.1. The molecule has 9 aromatic heterocycles. The van der Waals surface area contributed by atoms with E-state index >= 15 is 0 Å². The molecule has 116 heavy (non-hydrogen) atoms. The van der Waals surface area contributed by atoms with Gasteiger partial charge in [0.2, 0.25) is 0 Å². The number of thiophene rings is 1. The Bertz CT molecular complexity index is 5030. The average molecular weight is 2820 g/mol. The van der Waals surface area contributed by atoms with Crippen LogP contribution >= 0.6 is 134 Å². The van der Waals surface area contributed by atoms with E-state index in [1.807, 2.05) is 261 Å². The van der Waals surface area contributed by atoms with Crippen molar-refractivity contribution in [3.63, 3.8) is 0 Å². The second-order valence-corrected chi connectivity index (χ2v) is 30.8. The molecule has 17 rings (SSSR count). The Morgan fingerprint density at radius 3 is 0.871 bits per heavy atom. The Hall–Kier alpha value is -5.67. The van der Waals surface area contributed by atoms with Gasteiger partial charge in [0.25, 0.3) is 0 Å². The van der Waals surface area contributed by atoms with Gasteiger partial charge in [-0.1, -0.05) is 255 Å². The van der Waals surface area contributed by atoms with Crippen molar-refractivity contribution in [2.45, 2.75) is 19.8 Å². The van der Waals surface area contributed by atoms with Gasteiger partial charge < -0.3 is 39.9 Å². The second kappa shape index (κ2) is 59.1. The molecule has 0 atom stereocenters. The van der Waals surface area contributed by atoms with Crippen molar-refractivity contribution in [1.29, 1.82) is 0 Å². The van der Waals surface area contributed by atoms with Crippen molar-refractivity contribution >= 4 is 134 Å². The topological polar surface area (TPSA) is 103 Å². The number of benzene rings is 8. The fraction of sp³-hybridized carbons (Fsp3) is 0.0316. The molecule has 0 aliphatic heterocycles. The summed E-state index contributed by atoms with van der Waals surface area (Å²) >= 11 is 17.8. The Kier molecular flexibility index (Phi) is 52.3. The third kappa shape index (κ3) is 36.7. The van der Waals surface area contributed by atoms with Gasteiger partial charge in [0.05, 0.1) is 0 Å². The van der Waals surface area contributed by atoms with Crippen LogP contribution in [0.2, 0.25) is 0 Å². The van der Waals surface area contributed by atoms with Gasteiger partial charge >= 0.3 is 0 Å². The van der Waals surface area contributed by atoms with Gasteiger partial charge in [0, 0.05) is 173 Å². The summed E-state index contributed by atoms with van der Waals surface area (Å²) in [7, 11) is 0. The normalized spacial score (nSPS) is 9.51. The van der Waals surface area contributed by atoms with Crippen LogP contribution in [0.5, 0.6) is 0 Å². The number of nitrogens with zero attached hydrogens (tertiary/aromatic N) is 8. The number of hydrogen-bond acceptors (Lipinski definition) is 9. The summed E-state index contributed by atoms with van der Waals surface area (Å²) in [6.07, 6.45) is 16.7. The largest absolute Gasteiger partial charge is 0.305 e. The Morgan fingerprint density at radius 2 is 0.569 bits per heavy atom. The molecule has 8 nitrogen and oxygen atoms in total. The predicted molar refractivity (Wildman–Crippen MR) is 492 cm³/mol. The smallest absolute Gasteiger partial charge is 0.0335 e. The molecule has 0 amide bonds. The SMILES string of the molecule is Brc1cc[c-]c(-c2cc(-c3cccs3)ccn2)c1.Brc1cc[c-]c(-c2ccccn2)c1.CCCc1ccnc(-c2[c-]ccc(I)c2)c1.Ic1cc[c-]c(-c2ccccn2)c1.Ic1cc[c-]c(-c2ccccn2)c1.Ic1cc[c-]c(-c2ccccn2)c1.[Ir].[Ir].[Rh].[Rh].[Rh].[Rh].[c-]1ccccc1-c1ccccn1.[c-]1ccccc1-c1ccccn1. The van der Waals surface area contributed by atoms with E-state index in [9.17, 15) is 0 Å². The molecule has 0 aliphatic rings. The first-order valence-electron chi connectivity index (χ1n) is 34.4. The van der Waals surface area contributed by atoms with Crippen LogP contribution in [0.3, 0.4) is 0 Å². The molecule has 0 bridgehead atoms. The summed E-state index contributed by atoms with van der Waals surface area (Å²) in [6.45, 7) is 2.19. The molecule has 0 spiro atoms. The fourth-order valence-corrected chi connectivity index (χ4v) is 13.4. The molecule has 9 heterocycles. The van der Waals surface area contributed by atoms with E-state index in [-0.39, 0.29) is 118 Å². The fourth-order valence-electron chi connectivity index (χ4n) is 10.00. The molecule has 6 radical (unpaired) electrons. The molecule has 17 aromatic rings. The zero-order chi connectivity index (χ0) is 76.6. The van der Waals surface area contributed by atoms with Crippen molar-refractivity contribution < 1.29 is 118 Å². The van der Waals surface area contributed by atoms with Gasteiger partial charge in [-0.2, -0.15) is 0 Å². The first kappa shape index (κ1) is 103. The van der Waals surface area contributed by atoms with Gasteiger partial charge in [0.15, 0.2) is 0 Å². The van der Waals surface area contributed by atoms with Crippen molar-refractivity contribution in [1.82, 2.24) is 39.9 Å².